The first-order valence-electron chi connectivity index (χ1n) is 10.1. The third kappa shape index (κ3) is 4.16. The van der Waals surface area contributed by atoms with Gasteiger partial charge in [-0.05, 0) is 73.4 Å². The molecule has 3 aromatic rings. The highest BCUT2D eigenvalue weighted by molar-refractivity contribution is 6.30. The second kappa shape index (κ2) is 8.50. The van der Waals surface area contributed by atoms with Gasteiger partial charge in [-0.2, -0.15) is 0 Å². The van der Waals surface area contributed by atoms with Crippen LogP contribution in [0.1, 0.15) is 43.4 Å². The summed E-state index contributed by atoms with van der Waals surface area (Å²) >= 11 is 6.09. The lowest BCUT2D eigenvalue weighted by Gasteiger charge is -2.22. The molecule has 0 radical (unpaired) electrons. The number of hydrogen-bond acceptors (Lipinski definition) is 1. The molecule has 28 heavy (non-hydrogen) atoms. The summed E-state index contributed by atoms with van der Waals surface area (Å²) in [6.45, 7) is 2.99. The summed E-state index contributed by atoms with van der Waals surface area (Å²) in [6, 6.07) is 17.5. The van der Waals surface area contributed by atoms with Crippen molar-refractivity contribution in [2.24, 2.45) is 0 Å². The van der Waals surface area contributed by atoms with Crippen molar-refractivity contribution >= 4 is 11.6 Å². The molecule has 2 aromatic carbocycles. The molecular weight excluding hydrogens is 371 g/mol. The van der Waals surface area contributed by atoms with Gasteiger partial charge in [0.15, 0.2) is 0 Å². The molecule has 0 aliphatic heterocycles. The molecule has 0 unspecified atom stereocenters. The van der Waals surface area contributed by atoms with Gasteiger partial charge in [0.1, 0.15) is 5.82 Å². The van der Waals surface area contributed by atoms with Gasteiger partial charge in [0.05, 0.1) is 5.69 Å². The van der Waals surface area contributed by atoms with E-state index in [1.807, 2.05) is 36.4 Å². The van der Waals surface area contributed by atoms with Gasteiger partial charge >= 0.3 is 0 Å². The van der Waals surface area contributed by atoms with E-state index in [0.717, 1.165) is 28.5 Å². The lowest BCUT2D eigenvalue weighted by Crippen LogP contribution is -2.30. The maximum Gasteiger partial charge on any atom is 0.123 e. The Kier molecular flexibility index (Phi) is 5.84. The molecule has 0 atom stereocenters. The van der Waals surface area contributed by atoms with Crippen LogP contribution in [0.4, 0.5) is 4.39 Å². The highest BCUT2D eigenvalue weighted by Gasteiger charge is 2.17. The van der Waals surface area contributed by atoms with Crippen LogP contribution in [-0.4, -0.2) is 10.6 Å². The van der Waals surface area contributed by atoms with E-state index in [4.69, 9.17) is 11.6 Å². The highest BCUT2D eigenvalue weighted by atomic mass is 35.5. The molecule has 146 valence electrons. The molecule has 1 aliphatic carbocycles. The van der Waals surface area contributed by atoms with Crippen LogP contribution < -0.4 is 5.32 Å². The number of benzene rings is 2. The molecule has 1 aliphatic rings. The number of nitrogens with zero attached hydrogens (tertiary/aromatic N) is 1. The van der Waals surface area contributed by atoms with Gasteiger partial charge in [0.2, 0.25) is 0 Å². The van der Waals surface area contributed by atoms with E-state index < -0.39 is 0 Å². The van der Waals surface area contributed by atoms with Crippen LogP contribution in [0.2, 0.25) is 5.02 Å². The summed E-state index contributed by atoms with van der Waals surface area (Å²) in [5.41, 5.74) is 5.62. The zero-order chi connectivity index (χ0) is 19.5. The fraction of sp³-hybridized carbons (Fsp3) is 0.333. The van der Waals surface area contributed by atoms with Gasteiger partial charge in [-0.1, -0.05) is 43.0 Å². The van der Waals surface area contributed by atoms with Crippen molar-refractivity contribution in [2.45, 2.75) is 51.6 Å². The quantitative estimate of drug-likeness (QED) is 0.509. The number of rotatable bonds is 5. The Labute approximate surface area is 171 Å². The van der Waals surface area contributed by atoms with Crippen LogP contribution in [0.15, 0.2) is 54.6 Å². The molecule has 0 amide bonds. The summed E-state index contributed by atoms with van der Waals surface area (Å²) < 4.78 is 15.7. The molecule has 2 nitrogen and oxygen atoms in total. The average molecular weight is 397 g/mol. The summed E-state index contributed by atoms with van der Waals surface area (Å²) in [4.78, 5) is 0. The molecule has 1 N–H and O–H groups in total. The van der Waals surface area contributed by atoms with Gasteiger partial charge in [0, 0.05) is 29.0 Å². The molecule has 0 saturated heterocycles. The Morgan fingerprint density at radius 2 is 1.68 bits per heavy atom. The standard InChI is InChI=1S/C24H26ClFN2/c1-17-19(16-27-22-5-3-2-4-6-22)15-24(18-7-9-20(25)10-8-18)28(17)23-13-11-21(26)12-14-23/h7-15,22,27H,2-6,16H2,1H3. The van der Waals surface area contributed by atoms with E-state index in [1.165, 1.54) is 55.5 Å². The van der Waals surface area contributed by atoms with Gasteiger partial charge in [-0.15, -0.1) is 0 Å². The number of hydrogen-bond donors (Lipinski definition) is 1. The van der Waals surface area contributed by atoms with Crippen molar-refractivity contribution in [3.63, 3.8) is 0 Å². The van der Waals surface area contributed by atoms with E-state index in [-0.39, 0.29) is 5.82 Å². The van der Waals surface area contributed by atoms with Gasteiger partial charge in [-0.25, -0.2) is 4.39 Å². The topological polar surface area (TPSA) is 17.0 Å². The minimum atomic E-state index is -0.221. The lowest BCUT2D eigenvalue weighted by atomic mass is 9.95. The van der Waals surface area contributed by atoms with Crippen molar-refractivity contribution in [1.29, 1.82) is 0 Å². The average Bonchev–Trinajstić information content (AvgIpc) is 3.05. The number of halogens is 2. The van der Waals surface area contributed by atoms with Crippen LogP contribution >= 0.6 is 11.6 Å². The first kappa shape index (κ1) is 19.2. The Morgan fingerprint density at radius 1 is 1.00 bits per heavy atom. The van der Waals surface area contributed by atoms with Crippen LogP contribution in [0.5, 0.6) is 0 Å². The maximum atomic E-state index is 13.5. The van der Waals surface area contributed by atoms with Crippen molar-refractivity contribution in [3.8, 4) is 16.9 Å². The fourth-order valence-electron chi connectivity index (χ4n) is 4.15. The van der Waals surface area contributed by atoms with E-state index in [0.29, 0.717) is 6.04 Å². The number of nitrogens with one attached hydrogen (secondary N) is 1. The van der Waals surface area contributed by atoms with Crippen LogP contribution in [0.3, 0.4) is 0 Å². The van der Waals surface area contributed by atoms with E-state index in [9.17, 15) is 4.39 Å². The molecule has 4 heteroatoms. The molecule has 0 spiro atoms. The fourth-order valence-corrected chi connectivity index (χ4v) is 4.28. The van der Waals surface area contributed by atoms with Crippen molar-refractivity contribution in [3.05, 3.63) is 76.7 Å². The third-order valence-corrected chi connectivity index (χ3v) is 6.02. The SMILES string of the molecule is Cc1c(CNC2CCCCC2)cc(-c2ccc(Cl)cc2)n1-c1ccc(F)cc1. The molecule has 0 bridgehead atoms. The minimum absolute atomic E-state index is 0.221. The second-order valence-electron chi connectivity index (χ2n) is 7.67. The van der Waals surface area contributed by atoms with E-state index >= 15 is 0 Å². The highest BCUT2D eigenvalue weighted by Crippen LogP contribution is 2.31. The predicted octanol–water partition coefficient (Wildman–Crippen LogP) is 6.67. The Bertz CT molecular complexity index is 922. The molecule has 1 aromatic heterocycles. The largest absolute Gasteiger partial charge is 0.314 e. The van der Waals surface area contributed by atoms with Crippen LogP contribution in [0, 0.1) is 12.7 Å². The normalized spacial score (nSPS) is 15.1. The van der Waals surface area contributed by atoms with Crippen LogP contribution in [0.25, 0.3) is 16.9 Å². The smallest absolute Gasteiger partial charge is 0.123 e. The van der Waals surface area contributed by atoms with Gasteiger partial charge < -0.3 is 9.88 Å². The number of aromatic nitrogens is 1. The van der Waals surface area contributed by atoms with E-state index in [1.54, 1.807) is 0 Å². The maximum absolute atomic E-state index is 13.5. The zero-order valence-electron chi connectivity index (χ0n) is 16.2. The van der Waals surface area contributed by atoms with Gasteiger partial charge in [-0.3, -0.25) is 0 Å². The Hall–Kier alpha value is -2.10. The minimum Gasteiger partial charge on any atom is -0.314 e. The second-order valence-corrected chi connectivity index (χ2v) is 8.11. The molecule has 1 fully saturated rings. The zero-order valence-corrected chi connectivity index (χ0v) is 17.0. The Morgan fingerprint density at radius 3 is 2.36 bits per heavy atom. The Balaban J connectivity index is 1.70. The monoisotopic (exact) mass is 396 g/mol. The van der Waals surface area contributed by atoms with Crippen molar-refractivity contribution in [1.82, 2.24) is 9.88 Å². The van der Waals surface area contributed by atoms with Gasteiger partial charge in [0.25, 0.3) is 0 Å². The van der Waals surface area contributed by atoms with Crippen molar-refractivity contribution < 1.29 is 4.39 Å². The van der Waals surface area contributed by atoms with E-state index in [2.05, 4.69) is 22.9 Å². The third-order valence-electron chi connectivity index (χ3n) is 5.76. The lowest BCUT2D eigenvalue weighted by molar-refractivity contribution is 0.372. The summed E-state index contributed by atoms with van der Waals surface area (Å²) in [5.74, 6) is -0.221. The summed E-state index contributed by atoms with van der Waals surface area (Å²) in [7, 11) is 0. The molecule has 1 saturated carbocycles. The van der Waals surface area contributed by atoms with Crippen molar-refractivity contribution in [2.75, 3.05) is 0 Å². The molecule has 4 rings (SSSR count). The predicted molar refractivity (Wildman–Crippen MR) is 115 cm³/mol. The molecular formula is C24H26ClFN2. The first-order chi connectivity index (χ1) is 13.6. The summed E-state index contributed by atoms with van der Waals surface area (Å²) in [6.07, 6.45) is 6.54. The van der Waals surface area contributed by atoms with Crippen LogP contribution in [-0.2, 0) is 6.54 Å². The summed E-state index contributed by atoms with van der Waals surface area (Å²) in [5, 5.41) is 4.47. The molecule has 1 heterocycles. The first-order valence-corrected chi connectivity index (χ1v) is 10.5.